The third-order valence-corrected chi connectivity index (χ3v) is 4.16. The summed E-state index contributed by atoms with van der Waals surface area (Å²) in [5.74, 6) is -1.87. The van der Waals surface area contributed by atoms with Crippen molar-refractivity contribution in [2.75, 3.05) is 6.61 Å². The number of hydrogen-bond donors (Lipinski definition) is 2. The largest absolute Gasteiger partial charge is 0.466 e. The first-order valence-electron chi connectivity index (χ1n) is 8.62. The quantitative estimate of drug-likeness (QED) is 0.706. The van der Waals surface area contributed by atoms with E-state index in [2.05, 4.69) is 5.32 Å². The van der Waals surface area contributed by atoms with Crippen molar-refractivity contribution in [2.24, 2.45) is 11.7 Å². The van der Waals surface area contributed by atoms with Crippen LogP contribution < -0.4 is 11.1 Å². The number of fused-ring (bicyclic) bond motifs is 1. The minimum Gasteiger partial charge on any atom is -0.466 e. The van der Waals surface area contributed by atoms with Crippen LogP contribution in [0.25, 0.3) is 10.8 Å². The van der Waals surface area contributed by atoms with Crippen LogP contribution in [0.15, 0.2) is 42.5 Å². The molecule has 0 saturated carbocycles. The molecule has 0 radical (unpaired) electrons. The van der Waals surface area contributed by atoms with E-state index in [9.17, 15) is 14.4 Å². The molecule has 2 rings (SSSR count). The lowest BCUT2D eigenvalue weighted by molar-refractivity contribution is -0.144. The summed E-state index contributed by atoms with van der Waals surface area (Å²) < 4.78 is 4.88. The van der Waals surface area contributed by atoms with Crippen LogP contribution in [0.3, 0.4) is 0 Å². The van der Waals surface area contributed by atoms with Gasteiger partial charge >= 0.3 is 5.97 Å². The van der Waals surface area contributed by atoms with E-state index >= 15 is 0 Å². The van der Waals surface area contributed by atoms with Crippen molar-refractivity contribution in [1.29, 1.82) is 0 Å². The van der Waals surface area contributed by atoms with Crippen LogP contribution in [0.4, 0.5) is 0 Å². The summed E-state index contributed by atoms with van der Waals surface area (Å²) in [6.45, 7) is 3.66. The van der Waals surface area contributed by atoms with Crippen LogP contribution in [-0.4, -0.2) is 30.4 Å². The number of carbonyl (C=O) groups is 3. The maximum atomic E-state index is 12.3. The van der Waals surface area contributed by atoms with Crippen molar-refractivity contribution >= 4 is 28.6 Å². The number of amides is 2. The number of nitrogens with one attached hydrogen (secondary N) is 1. The number of rotatable bonds is 8. The van der Waals surface area contributed by atoms with Crippen LogP contribution in [0.5, 0.6) is 0 Å². The summed E-state index contributed by atoms with van der Waals surface area (Å²) in [6, 6.07) is 12.7. The van der Waals surface area contributed by atoms with Crippen LogP contribution in [0.1, 0.15) is 25.8 Å². The smallest absolute Gasteiger partial charge is 0.306 e. The molecule has 0 aliphatic carbocycles. The van der Waals surface area contributed by atoms with Gasteiger partial charge in [-0.15, -0.1) is 0 Å². The summed E-state index contributed by atoms with van der Waals surface area (Å²) in [5, 5.41) is 4.77. The van der Waals surface area contributed by atoms with Gasteiger partial charge in [-0.25, -0.2) is 0 Å². The molecule has 2 amide bonds. The van der Waals surface area contributed by atoms with Crippen LogP contribution >= 0.6 is 0 Å². The summed E-state index contributed by atoms with van der Waals surface area (Å²) in [4.78, 5) is 35.6. The molecule has 6 heteroatoms. The predicted octanol–water partition coefficient (Wildman–Crippen LogP) is 1.94. The fraction of sp³-hybridized carbons (Fsp3) is 0.350. The highest BCUT2D eigenvalue weighted by atomic mass is 16.5. The average molecular weight is 356 g/mol. The maximum Gasteiger partial charge on any atom is 0.306 e. The molecular weight excluding hydrogens is 332 g/mol. The van der Waals surface area contributed by atoms with Crippen molar-refractivity contribution < 1.29 is 19.1 Å². The van der Waals surface area contributed by atoms with Gasteiger partial charge in [0.2, 0.25) is 11.8 Å². The summed E-state index contributed by atoms with van der Waals surface area (Å²) in [5.41, 5.74) is 6.23. The second kappa shape index (κ2) is 8.99. The molecule has 2 atom stereocenters. The number of carbonyl (C=O) groups excluding carboxylic acids is 3. The third-order valence-electron chi connectivity index (χ3n) is 4.16. The van der Waals surface area contributed by atoms with E-state index in [0.29, 0.717) is 0 Å². The standard InChI is InChI=1S/C20H24N2O4/c1-3-26-18(24)10-13(2)19(20(21)25)22-17(23)12-14-8-9-15-6-4-5-7-16(15)11-14/h4-9,11,13,19H,3,10,12H2,1-2H3,(H2,21,25)(H,22,23)/t13-,19-/m0/s1. The van der Waals surface area contributed by atoms with Crippen molar-refractivity contribution in [1.82, 2.24) is 5.32 Å². The van der Waals surface area contributed by atoms with Gasteiger partial charge < -0.3 is 15.8 Å². The third kappa shape index (κ3) is 5.31. The van der Waals surface area contributed by atoms with Crippen LogP contribution in [-0.2, 0) is 25.5 Å². The maximum absolute atomic E-state index is 12.3. The van der Waals surface area contributed by atoms with Gasteiger partial charge in [-0.3, -0.25) is 14.4 Å². The number of hydrogen-bond acceptors (Lipinski definition) is 4. The molecule has 3 N–H and O–H groups in total. The lowest BCUT2D eigenvalue weighted by atomic mass is 9.97. The molecule has 2 aromatic carbocycles. The Labute approximate surface area is 152 Å². The van der Waals surface area contributed by atoms with Gasteiger partial charge in [-0.1, -0.05) is 49.4 Å². The Morgan fingerprint density at radius 3 is 2.46 bits per heavy atom. The van der Waals surface area contributed by atoms with Crippen LogP contribution in [0, 0.1) is 5.92 Å². The molecular formula is C20H24N2O4. The van der Waals surface area contributed by atoms with Crippen LogP contribution in [0.2, 0.25) is 0 Å². The Morgan fingerprint density at radius 1 is 1.12 bits per heavy atom. The Hall–Kier alpha value is -2.89. The summed E-state index contributed by atoms with van der Waals surface area (Å²) >= 11 is 0. The first-order chi connectivity index (χ1) is 12.4. The molecule has 0 saturated heterocycles. The Morgan fingerprint density at radius 2 is 1.81 bits per heavy atom. The Kier molecular flexibility index (Phi) is 6.72. The zero-order valence-corrected chi connectivity index (χ0v) is 15.0. The number of nitrogens with two attached hydrogens (primary N) is 1. The number of primary amides is 1. The van der Waals surface area contributed by atoms with E-state index in [-0.39, 0.29) is 25.4 Å². The van der Waals surface area contributed by atoms with E-state index in [1.165, 1.54) is 0 Å². The van der Waals surface area contributed by atoms with Gasteiger partial charge in [0.05, 0.1) is 19.4 Å². The monoisotopic (exact) mass is 356 g/mol. The molecule has 6 nitrogen and oxygen atoms in total. The molecule has 0 aromatic heterocycles. The van der Waals surface area contributed by atoms with Gasteiger partial charge in [0.1, 0.15) is 6.04 Å². The van der Waals surface area contributed by atoms with Gasteiger partial charge in [0.15, 0.2) is 0 Å². The second-order valence-corrected chi connectivity index (χ2v) is 6.29. The fourth-order valence-corrected chi connectivity index (χ4v) is 2.85. The molecule has 0 bridgehead atoms. The molecule has 0 aliphatic rings. The average Bonchev–Trinajstić information content (AvgIpc) is 2.59. The molecule has 0 fully saturated rings. The SMILES string of the molecule is CCOC(=O)C[C@H](C)[C@H](NC(=O)Cc1ccc2ccccc2c1)C(N)=O. The van der Waals surface area contributed by atoms with Crippen molar-refractivity contribution in [3.63, 3.8) is 0 Å². The first kappa shape index (κ1) is 19.4. The van der Waals surface area contributed by atoms with Crippen molar-refractivity contribution in [2.45, 2.75) is 32.7 Å². The fourth-order valence-electron chi connectivity index (χ4n) is 2.85. The predicted molar refractivity (Wildman–Crippen MR) is 99.2 cm³/mol. The van der Waals surface area contributed by atoms with E-state index in [0.717, 1.165) is 16.3 Å². The minimum absolute atomic E-state index is 0.0116. The first-order valence-corrected chi connectivity index (χ1v) is 8.62. The van der Waals surface area contributed by atoms with Gasteiger partial charge in [0, 0.05) is 0 Å². The van der Waals surface area contributed by atoms with E-state index in [1.807, 2.05) is 42.5 Å². The lowest BCUT2D eigenvalue weighted by Crippen LogP contribution is -2.49. The van der Waals surface area contributed by atoms with Gasteiger partial charge in [0.25, 0.3) is 0 Å². The molecule has 0 spiro atoms. The van der Waals surface area contributed by atoms with E-state index in [4.69, 9.17) is 10.5 Å². The normalized spacial score (nSPS) is 13.0. The molecule has 26 heavy (non-hydrogen) atoms. The molecule has 0 aliphatic heterocycles. The lowest BCUT2D eigenvalue weighted by Gasteiger charge is -2.21. The molecule has 138 valence electrons. The highest BCUT2D eigenvalue weighted by molar-refractivity contribution is 5.89. The van der Waals surface area contributed by atoms with Crippen molar-refractivity contribution in [3.05, 3.63) is 48.0 Å². The molecule has 2 aromatic rings. The topological polar surface area (TPSA) is 98.5 Å². The van der Waals surface area contributed by atoms with Gasteiger partial charge in [-0.2, -0.15) is 0 Å². The number of esters is 1. The highest BCUT2D eigenvalue weighted by Gasteiger charge is 2.27. The second-order valence-electron chi connectivity index (χ2n) is 6.29. The molecule has 0 heterocycles. The zero-order chi connectivity index (χ0) is 19.1. The highest BCUT2D eigenvalue weighted by Crippen LogP contribution is 2.16. The summed E-state index contributed by atoms with van der Waals surface area (Å²) in [7, 11) is 0. The number of ether oxygens (including phenoxy) is 1. The molecule has 0 unspecified atom stereocenters. The Bertz CT molecular complexity index is 803. The summed E-state index contributed by atoms with van der Waals surface area (Å²) in [6.07, 6.45) is 0.137. The van der Waals surface area contributed by atoms with E-state index < -0.39 is 23.8 Å². The number of benzene rings is 2. The minimum atomic E-state index is -0.924. The Balaban J connectivity index is 2.02. The van der Waals surface area contributed by atoms with Gasteiger partial charge in [-0.05, 0) is 29.2 Å². The van der Waals surface area contributed by atoms with E-state index in [1.54, 1.807) is 13.8 Å². The van der Waals surface area contributed by atoms with Crippen molar-refractivity contribution in [3.8, 4) is 0 Å². The zero-order valence-electron chi connectivity index (χ0n) is 15.0.